The van der Waals surface area contributed by atoms with Gasteiger partial charge in [0.15, 0.2) is 11.4 Å². The number of ketones is 2. The Morgan fingerprint density at radius 2 is 1.74 bits per heavy atom. The van der Waals surface area contributed by atoms with Crippen molar-refractivity contribution >= 4 is 29.2 Å². The van der Waals surface area contributed by atoms with E-state index in [9.17, 15) is 52.8 Å². The number of piperidine rings is 1. The van der Waals surface area contributed by atoms with E-state index in [2.05, 4.69) is 0 Å². The highest BCUT2D eigenvalue weighted by atomic mass is 19.4. The Hall–Kier alpha value is -3.95. The summed E-state index contributed by atoms with van der Waals surface area (Å²) in [5.41, 5.74) is 1.22. The van der Waals surface area contributed by atoms with E-state index in [0.29, 0.717) is 5.56 Å². The molecule has 15 heteroatoms. The van der Waals surface area contributed by atoms with Crippen LogP contribution in [0.25, 0.3) is 5.76 Å². The minimum atomic E-state index is -4.30. The summed E-state index contributed by atoms with van der Waals surface area (Å²) in [5, 5.41) is 46.3. The first-order chi connectivity index (χ1) is 21.3. The number of benzene rings is 1. The largest absolute Gasteiger partial charge is 0.508 e. The van der Waals surface area contributed by atoms with Gasteiger partial charge in [-0.15, -0.1) is 0 Å². The van der Waals surface area contributed by atoms with Crippen molar-refractivity contribution in [2.24, 2.45) is 23.5 Å². The molecule has 0 radical (unpaired) electrons. The third-order valence-corrected chi connectivity index (χ3v) is 9.93. The van der Waals surface area contributed by atoms with E-state index in [1.165, 1.54) is 19.0 Å². The Kier molecular flexibility index (Phi) is 8.27. The number of halogens is 3. The molecule has 46 heavy (non-hydrogen) atoms. The predicted molar refractivity (Wildman–Crippen MR) is 154 cm³/mol. The van der Waals surface area contributed by atoms with E-state index < -0.39 is 99.5 Å². The van der Waals surface area contributed by atoms with Crippen LogP contribution < -0.4 is 5.73 Å². The summed E-state index contributed by atoms with van der Waals surface area (Å²) in [6.45, 7) is 2.96. The Bertz CT molecular complexity index is 1580. The van der Waals surface area contributed by atoms with Crippen LogP contribution in [0.5, 0.6) is 5.75 Å². The number of fused-ring (bicyclic) bond motifs is 3. The topological polar surface area (TPSA) is 191 Å². The number of nitrogens with two attached hydrogens (primary N) is 1. The summed E-state index contributed by atoms with van der Waals surface area (Å²) in [5.74, 6) is -12.2. The second kappa shape index (κ2) is 11.4. The number of aliphatic hydroxyl groups is 3. The van der Waals surface area contributed by atoms with Gasteiger partial charge in [0.25, 0.3) is 5.91 Å². The summed E-state index contributed by atoms with van der Waals surface area (Å²) in [6, 6.07) is 1.66. The number of rotatable bonds is 5. The lowest BCUT2D eigenvalue weighted by Crippen LogP contribution is -2.71. The second-order valence-electron chi connectivity index (χ2n) is 12.8. The molecule has 1 unspecified atom stereocenters. The number of primary amides is 1. The minimum absolute atomic E-state index is 0.0399. The zero-order chi connectivity index (χ0) is 34.2. The van der Waals surface area contributed by atoms with Crippen molar-refractivity contribution in [1.29, 1.82) is 0 Å². The van der Waals surface area contributed by atoms with Crippen LogP contribution in [0, 0.1) is 17.8 Å². The van der Waals surface area contributed by atoms with Gasteiger partial charge in [0.1, 0.15) is 28.9 Å². The first kappa shape index (κ1) is 33.4. The van der Waals surface area contributed by atoms with Crippen molar-refractivity contribution in [3.05, 3.63) is 45.7 Å². The molecule has 12 nitrogen and oxygen atoms in total. The molecule has 1 aromatic rings. The molecular formula is C31H36F3N3O9. The number of Topliss-reactive ketones (excluding diaryl/α,β-unsaturated/α-hetero) is 2. The Morgan fingerprint density at radius 3 is 2.26 bits per heavy atom. The van der Waals surface area contributed by atoms with Gasteiger partial charge in [0.2, 0.25) is 5.78 Å². The van der Waals surface area contributed by atoms with Gasteiger partial charge in [-0.3, -0.25) is 29.0 Å². The number of nitrogens with zero attached hydrogens (tertiary/aromatic N) is 2. The molecule has 0 spiro atoms. The van der Waals surface area contributed by atoms with Crippen LogP contribution in [-0.2, 0) is 30.5 Å². The first-order valence-electron chi connectivity index (χ1n) is 14.8. The van der Waals surface area contributed by atoms with Crippen LogP contribution in [0.1, 0.15) is 49.3 Å². The molecule has 0 bridgehead atoms. The summed E-state index contributed by atoms with van der Waals surface area (Å²) in [4.78, 5) is 55.6. The van der Waals surface area contributed by atoms with E-state index in [-0.39, 0.29) is 43.6 Å². The standard InChI is InChI=1S/C31H36F3N3O9/c1-12-16-6-5-14(11-37-9-7-15(8-10-37)31(32,33)34)23(39)18(16)24(40)19-17(12)26(46-13(2)38)21-22(36(3)4)25(41)20(29(35)44)28(43)30(21,45)27(19)42/h5-6,12,15,17,21-22,26,39-40,43,45H,7-11H2,1-4H3,(H2,35,44)/t12?,17-,21-,22+,26+,30+/m1/s1. The van der Waals surface area contributed by atoms with Gasteiger partial charge >= 0.3 is 12.1 Å². The molecule has 1 saturated carbocycles. The maximum absolute atomic E-state index is 14.3. The molecule has 3 aliphatic carbocycles. The van der Waals surface area contributed by atoms with Gasteiger partial charge in [0.05, 0.1) is 23.4 Å². The maximum atomic E-state index is 14.3. The molecule has 4 aliphatic rings. The van der Waals surface area contributed by atoms with E-state index >= 15 is 0 Å². The van der Waals surface area contributed by atoms with Crippen molar-refractivity contribution in [3.8, 4) is 5.75 Å². The number of phenolic OH excluding ortho intramolecular Hbond substituents is 1. The highest BCUT2D eigenvalue weighted by Gasteiger charge is 2.69. The lowest BCUT2D eigenvalue weighted by molar-refractivity contribution is -0.185. The molecular weight excluding hydrogens is 615 g/mol. The Balaban J connectivity index is 1.65. The molecule has 0 aromatic heterocycles. The summed E-state index contributed by atoms with van der Waals surface area (Å²) in [6.07, 6.45) is -6.04. The number of alkyl halides is 3. The summed E-state index contributed by atoms with van der Waals surface area (Å²) >= 11 is 0. The Morgan fingerprint density at radius 1 is 1.13 bits per heavy atom. The van der Waals surface area contributed by atoms with Crippen molar-refractivity contribution < 1.29 is 57.5 Å². The number of hydrogen-bond donors (Lipinski definition) is 5. The van der Waals surface area contributed by atoms with Crippen molar-refractivity contribution in [1.82, 2.24) is 9.80 Å². The van der Waals surface area contributed by atoms with Crippen molar-refractivity contribution in [2.75, 3.05) is 27.2 Å². The fourth-order valence-corrected chi connectivity index (χ4v) is 7.75. The number of aliphatic hydroxyl groups excluding tert-OH is 2. The molecule has 2 fully saturated rings. The smallest absolute Gasteiger partial charge is 0.391 e. The highest BCUT2D eigenvalue weighted by Crippen LogP contribution is 2.57. The van der Waals surface area contributed by atoms with Gasteiger partial charge in [-0.2, -0.15) is 13.2 Å². The van der Waals surface area contributed by atoms with E-state index in [1.54, 1.807) is 24.0 Å². The van der Waals surface area contributed by atoms with Crippen molar-refractivity contribution in [3.63, 3.8) is 0 Å². The number of likely N-dealkylation sites (tertiary alicyclic amines) is 1. The molecule has 1 aromatic carbocycles. The number of esters is 1. The Labute approximate surface area is 261 Å². The van der Waals surface area contributed by atoms with Crippen LogP contribution in [0.15, 0.2) is 29.0 Å². The number of carbonyl (C=O) groups is 4. The number of amides is 1. The third kappa shape index (κ3) is 4.95. The number of ether oxygens (including phenoxy) is 1. The van der Waals surface area contributed by atoms with Gasteiger partial charge in [-0.05, 0) is 51.5 Å². The predicted octanol–water partition coefficient (Wildman–Crippen LogP) is 1.84. The van der Waals surface area contributed by atoms with Crippen LogP contribution in [-0.4, -0.2) is 105 Å². The number of likely N-dealkylation sites (N-methyl/N-ethyl adjacent to an activating group) is 1. The number of hydrogen-bond acceptors (Lipinski definition) is 11. The molecule has 250 valence electrons. The van der Waals surface area contributed by atoms with E-state index in [1.807, 2.05) is 0 Å². The summed E-state index contributed by atoms with van der Waals surface area (Å²) < 4.78 is 45.2. The molecule has 1 amide bonds. The van der Waals surface area contributed by atoms with E-state index in [4.69, 9.17) is 10.5 Å². The van der Waals surface area contributed by atoms with Gasteiger partial charge in [-0.25, -0.2) is 0 Å². The monoisotopic (exact) mass is 651 g/mol. The number of phenols is 1. The van der Waals surface area contributed by atoms with Crippen LogP contribution in [0.3, 0.4) is 0 Å². The zero-order valence-corrected chi connectivity index (χ0v) is 25.6. The average molecular weight is 652 g/mol. The zero-order valence-electron chi connectivity index (χ0n) is 25.6. The van der Waals surface area contributed by atoms with Crippen LogP contribution in [0.4, 0.5) is 13.2 Å². The molecule has 5 rings (SSSR count). The highest BCUT2D eigenvalue weighted by molar-refractivity contribution is 6.24. The minimum Gasteiger partial charge on any atom is -0.508 e. The fraction of sp³-hybridized carbons (Fsp3) is 0.548. The molecule has 1 saturated heterocycles. The lowest BCUT2D eigenvalue weighted by atomic mass is 9.54. The lowest BCUT2D eigenvalue weighted by Gasteiger charge is -2.54. The van der Waals surface area contributed by atoms with Crippen molar-refractivity contribution in [2.45, 2.75) is 63.1 Å². The fourth-order valence-electron chi connectivity index (χ4n) is 7.75. The van der Waals surface area contributed by atoms with E-state index in [0.717, 1.165) is 6.92 Å². The number of carbonyl (C=O) groups excluding carboxylic acids is 4. The summed E-state index contributed by atoms with van der Waals surface area (Å²) in [7, 11) is 2.85. The normalized spacial score (nSPS) is 30.7. The van der Waals surface area contributed by atoms with Gasteiger partial charge in [0, 0.05) is 30.5 Å². The SMILES string of the molecule is CC(=O)O[C@@H]1[C@H]2[C@H](N(C)C)C(=O)C(C(N)=O)=C(O)[C@@]2(O)C(=O)C2=C(O)c3c(ccc(CN4CCC(C(F)(F)F)CC4)c3O)C(C)[C@H]21. The van der Waals surface area contributed by atoms with Crippen LogP contribution >= 0.6 is 0 Å². The van der Waals surface area contributed by atoms with Gasteiger partial charge in [-0.1, -0.05) is 19.1 Å². The maximum Gasteiger partial charge on any atom is 0.391 e. The second-order valence-corrected chi connectivity index (χ2v) is 12.8. The molecule has 1 aliphatic heterocycles. The third-order valence-electron chi connectivity index (χ3n) is 9.93. The van der Waals surface area contributed by atoms with Crippen LogP contribution in [0.2, 0.25) is 0 Å². The average Bonchev–Trinajstić information content (AvgIpc) is 2.95. The molecule has 6 atom stereocenters. The number of aromatic hydroxyl groups is 1. The van der Waals surface area contributed by atoms with Gasteiger partial charge < -0.3 is 30.9 Å². The molecule has 1 heterocycles. The molecule has 6 N–H and O–H groups in total. The first-order valence-corrected chi connectivity index (χ1v) is 14.8. The quantitative estimate of drug-likeness (QED) is 0.231.